The van der Waals surface area contributed by atoms with Gasteiger partial charge < -0.3 is 5.32 Å². The number of halogens is 1. The zero-order valence-corrected chi connectivity index (χ0v) is 9.13. The maximum Gasteiger partial charge on any atom is 0.222 e. The highest BCUT2D eigenvalue weighted by atomic mass is 79.9. The van der Waals surface area contributed by atoms with Gasteiger partial charge in [-0.15, -0.1) is 0 Å². The van der Waals surface area contributed by atoms with E-state index in [0.29, 0.717) is 0 Å². The fourth-order valence-electron chi connectivity index (χ4n) is 1.10. The van der Waals surface area contributed by atoms with Gasteiger partial charge in [0.15, 0.2) is 0 Å². The monoisotopic (exact) mass is 241 g/mol. The zero-order chi connectivity index (χ0) is 9.26. The summed E-state index contributed by atoms with van der Waals surface area (Å²) >= 11 is 3.37. The Bertz CT molecular complexity index is 310. The SMILES string of the molecule is Cc1nc(NCC2CC2)ncc1Br. The van der Waals surface area contributed by atoms with Crippen LogP contribution < -0.4 is 5.32 Å². The highest BCUT2D eigenvalue weighted by Crippen LogP contribution is 2.28. The second-order valence-corrected chi connectivity index (χ2v) is 4.31. The second kappa shape index (κ2) is 3.62. The second-order valence-electron chi connectivity index (χ2n) is 3.45. The summed E-state index contributed by atoms with van der Waals surface area (Å²) in [6.07, 6.45) is 4.49. The normalized spacial score (nSPS) is 15.8. The molecule has 0 bridgehead atoms. The Labute approximate surface area is 86.1 Å². The molecule has 1 heterocycles. The topological polar surface area (TPSA) is 37.8 Å². The van der Waals surface area contributed by atoms with Gasteiger partial charge in [0.05, 0.1) is 10.2 Å². The van der Waals surface area contributed by atoms with Gasteiger partial charge in [0.25, 0.3) is 0 Å². The van der Waals surface area contributed by atoms with Crippen LogP contribution in [0, 0.1) is 12.8 Å². The largest absolute Gasteiger partial charge is 0.354 e. The van der Waals surface area contributed by atoms with Crippen LogP contribution in [0.25, 0.3) is 0 Å². The molecular weight excluding hydrogens is 230 g/mol. The van der Waals surface area contributed by atoms with Gasteiger partial charge in [0, 0.05) is 12.7 Å². The van der Waals surface area contributed by atoms with Gasteiger partial charge in [0.1, 0.15) is 0 Å². The highest BCUT2D eigenvalue weighted by Gasteiger charge is 2.20. The predicted octanol–water partition coefficient (Wildman–Crippen LogP) is 2.37. The molecule has 3 nitrogen and oxygen atoms in total. The molecule has 0 atom stereocenters. The molecule has 0 aromatic carbocycles. The maximum absolute atomic E-state index is 4.30. The lowest BCUT2D eigenvalue weighted by Crippen LogP contribution is -2.07. The van der Waals surface area contributed by atoms with E-state index in [1.54, 1.807) is 6.20 Å². The minimum Gasteiger partial charge on any atom is -0.354 e. The van der Waals surface area contributed by atoms with Gasteiger partial charge in [-0.25, -0.2) is 9.97 Å². The minimum atomic E-state index is 0.743. The molecule has 1 N–H and O–H groups in total. The van der Waals surface area contributed by atoms with Crippen LogP contribution >= 0.6 is 15.9 Å². The molecule has 70 valence electrons. The molecular formula is C9H12BrN3. The Morgan fingerprint density at radius 2 is 2.38 bits per heavy atom. The van der Waals surface area contributed by atoms with Crippen molar-refractivity contribution in [1.29, 1.82) is 0 Å². The number of nitrogens with one attached hydrogen (secondary N) is 1. The molecule has 0 saturated heterocycles. The summed E-state index contributed by atoms with van der Waals surface area (Å²) in [7, 11) is 0. The molecule has 2 rings (SSSR count). The fraction of sp³-hybridized carbons (Fsp3) is 0.556. The van der Waals surface area contributed by atoms with Gasteiger partial charge in [-0.1, -0.05) is 0 Å². The molecule has 0 unspecified atom stereocenters. The molecule has 13 heavy (non-hydrogen) atoms. The van der Waals surface area contributed by atoms with Crippen molar-refractivity contribution in [3.63, 3.8) is 0 Å². The molecule has 0 radical (unpaired) electrons. The number of rotatable bonds is 3. The van der Waals surface area contributed by atoms with Crippen molar-refractivity contribution in [1.82, 2.24) is 9.97 Å². The summed E-state index contributed by atoms with van der Waals surface area (Å²) < 4.78 is 0.962. The highest BCUT2D eigenvalue weighted by molar-refractivity contribution is 9.10. The summed E-state index contributed by atoms with van der Waals surface area (Å²) in [6.45, 7) is 2.98. The van der Waals surface area contributed by atoms with Crippen LogP contribution in [-0.2, 0) is 0 Å². The molecule has 1 aliphatic rings. The lowest BCUT2D eigenvalue weighted by molar-refractivity contribution is 0.870. The molecule has 0 spiro atoms. The Hall–Kier alpha value is -0.640. The predicted molar refractivity (Wildman–Crippen MR) is 55.7 cm³/mol. The van der Waals surface area contributed by atoms with Gasteiger partial charge >= 0.3 is 0 Å². The van der Waals surface area contributed by atoms with Crippen molar-refractivity contribution < 1.29 is 0 Å². The third kappa shape index (κ3) is 2.40. The summed E-state index contributed by atoms with van der Waals surface area (Å²) in [5, 5.41) is 3.23. The van der Waals surface area contributed by atoms with Crippen LogP contribution in [0.15, 0.2) is 10.7 Å². The van der Waals surface area contributed by atoms with E-state index in [9.17, 15) is 0 Å². The summed E-state index contributed by atoms with van der Waals surface area (Å²) in [4.78, 5) is 8.47. The van der Waals surface area contributed by atoms with Crippen LogP contribution in [0.3, 0.4) is 0 Å². The molecule has 0 amide bonds. The Morgan fingerprint density at radius 3 is 3.00 bits per heavy atom. The van der Waals surface area contributed by atoms with Gasteiger partial charge in [-0.3, -0.25) is 0 Å². The lowest BCUT2D eigenvalue weighted by atomic mass is 10.4. The lowest BCUT2D eigenvalue weighted by Gasteiger charge is -2.04. The standard InChI is InChI=1S/C9H12BrN3/c1-6-8(10)5-12-9(13-6)11-4-7-2-3-7/h5,7H,2-4H2,1H3,(H,11,12,13). The van der Waals surface area contributed by atoms with Gasteiger partial charge in [0.2, 0.25) is 5.95 Å². The Morgan fingerprint density at radius 1 is 1.62 bits per heavy atom. The summed E-state index contributed by atoms with van der Waals surface area (Å²) in [5.74, 6) is 1.60. The van der Waals surface area contributed by atoms with Crippen LogP contribution in [0.2, 0.25) is 0 Å². The van der Waals surface area contributed by atoms with E-state index >= 15 is 0 Å². The molecule has 1 saturated carbocycles. The van der Waals surface area contributed by atoms with Crippen molar-refractivity contribution in [3.05, 3.63) is 16.4 Å². The molecule has 1 fully saturated rings. The summed E-state index contributed by atoms with van der Waals surface area (Å²) in [5.41, 5.74) is 0.980. The van der Waals surface area contributed by atoms with Crippen molar-refractivity contribution in [2.24, 2.45) is 5.92 Å². The van der Waals surface area contributed by atoms with Crippen molar-refractivity contribution in [2.45, 2.75) is 19.8 Å². The number of hydrogen-bond donors (Lipinski definition) is 1. The molecule has 1 aromatic rings. The first-order chi connectivity index (χ1) is 6.25. The van der Waals surface area contributed by atoms with Crippen LogP contribution in [0.5, 0.6) is 0 Å². The third-order valence-electron chi connectivity index (χ3n) is 2.17. The first-order valence-electron chi connectivity index (χ1n) is 4.48. The molecule has 1 aliphatic carbocycles. The van der Waals surface area contributed by atoms with E-state index in [1.165, 1.54) is 12.8 Å². The minimum absolute atomic E-state index is 0.743. The van der Waals surface area contributed by atoms with E-state index in [2.05, 4.69) is 31.2 Å². The number of hydrogen-bond acceptors (Lipinski definition) is 3. The number of nitrogens with zero attached hydrogens (tertiary/aromatic N) is 2. The van der Waals surface area contributed by atoms with E-state index in [4.69, 9.17) is 0 Å². The third-order valence-corrected chi connectivity index (χ3v) is 2.94. The summed E-state index contributed by atoms with van der Waals surface area (Å²) in [6, 6.07) is 0. The number of aryl methyl sites for hydroxylation is 1. The van der Waals surface area contributed by atoms with Crippen LogP contribution in [-0.4, -0.2) is 16.5 Å². The first-order valence-corrected chi connectivity index (χ1v) is 5.28. The quantitative estimate of drug-likeness (QED) is 0.884. The van der Waals surface area contributed by atoms with E-state index < -0.39 is 0 Å². The molecule has 0 aliphatic heterocycles. The fourth-order valence-corrected chi connectivity index (χ4v) is 1.29. The number of aromatic nitrogens is 2. The number of anilines is 1. The van der Waals surface area contributed by atoms with E-state index in [-0.39, 0.29) is 0 Å². The van der Waals surface area contributed by atoms with Crippen LogP contribution in [0.4, 0.5) is 5.95 Å². The van der Waals surface area contributed by atoms with E-state index in [0.717, 1.165) is 28.6 Å². The van der Waals surface area contributed by atoms with Crippen LogP contribution in [0.1, 0.15) is 18.5 Å². The van der Waals surface area contributed by atoms with Crippen molar-refractivity contribution >= 4 is 21.9 Å². The molecule has 4 heteroatoms. The maximum atomic E-state index is 4.30. The van der Waals surface area contributed by atoms with Gasteiger partial charge in [-0.2, -0.15) is 0 Å². The first kappa shape index (κ1) is 8.94. The molecule has 1 aromatic heterocycles. The Kier molecular flexibility index (Phi) is 2.49. The van der Waals surface area contributed by atoms with E-state index in [1.807, 2.05) is 6.92 Å². The van der Waals surface area contributed by atoms with Crippen molar-refractivity contribution in [2.75, 3.05) is 11.9 Å². The smallest absolute Gasteiger partial charge is 0.222 e. The Balaban J connectivity index is 1.98. The van der Waals surface area contributed by atoms with Gasteiger partial charge in [-0.05, 0) is 41.6 Å². The average Bonchev–Trinajstić information content (AvgIpc) is 2.91. The zero-order valence-electron chi connectivity index (χ0n) is 7.55. The average molecular weight is 242 g/mol. The van der Waals surface area contributed by atoms with Crippen molar-refractivity contribution in [3.8, 4) is 0 Å².